The third kappa shape index (κ3) is 49.6. The van der Waals surface area contributed by atoms with Crippen LogP contribution in [0.3, 0.4) is 0 Å². The van der Waals surface area contributed by atoms with Gasteiger partial charge in [0.2, 0.25) is 10.4 Å². The van der Waals surface area contributed by atoms with Crippen LogP contribution >= 0.6 is 7.82 Å². The molecule has 8 nitrogen and oxygen atoms in total. The van der Waals surface area contributed by atoms with Crippen LogP contribution in [0.1, 0.15) is 71.1 Å². The quantitative estimate of drug-likeness (QED) is 0.122. The van der Waals surface area contributed by atoms with Crippen LogP contribution in [0.5, 0.6) is 0 Å². The van der Waals surface area contributed by atoms with Crippen LogP contribution < -0.4 is 39.3 Å². The largest absolute Gasteiger partial charge is 2.00 e. The summed E-state index contributed by atoms with van der Waals surface area (Å²) in [4.78, 5) is 24.3. The molecule has 0 saturated carbocycles. The average Bonchev–Trinajstić information content (AvgIpc) is 2.32. The van der Waals surface area contributed by atoms with Crippen molar-refractivity contribution in [1.82, 2.24) is 0 Å². The number of unbranched alkanes of at least 4 members (excludes halogenated alkanes) is 9. The maximum absolute atomic E-state index is 10.1. The van der Waals surface area contributed by atoms with Crippen LogP contribution in [-0.2, 0) is 19.1 Å². The third-order valence-electron chi connectivity index (χ3n) is 2.73. The number of hydrogen-bond acceptors (Lipinski definition) is 7. The molecule has 0 atom stereocenters. The van der Waals surface area contributed by atoms with Gasteiger partial charge in [0.25, 0.3) is 0 Å². The van der Waals surface area contributed by atoms with Gasteiger partial charge in [-0.25, -0.2) is 8.42 Å². The molecule has 0 amide bonds. The molecule has 0 aliphatic heterocycles. The van der Waals surface area contributed by atoms with Gasteiger partial charge in [0.1, 0.15) is 0 Å². The van der Waals surface area contributed by atoms with Gasteiger partial charge in [0.05, 0.1) is 14.4 Å². The predicted molar refractivity (Wildman–Crippen MR) is 83.1 cm³/mol. The Morgan fingerprint density at radius 1 is 0.917 bits per heavy atom. The third-order valence-corrected chi connectivity index (χ3v) is 3.18. The molecule has 0 aromatic carbocycles. The van der Waals surface area contributed by atoms with E-state index in [1.165, 1.54) is 44.9 Å². The predicted octanol–water partition coefficient (Wildman–Crippen LogP) is -2.19. The molecule has 0 fully saturated rings. The summed E-state index contributed by atoms with van der Waals surface area (Å²) in [7, 11) is -9.62. The van der Waals surface area contributed by atoms with Gasteiger partial charge in [-0.2, -0.15) is 0 Å². The molecule has 0 spiro atoms. The van der Waals surface area contributed by atoms with Crippen molar-refractivity contribution in [3.63, 3.8) is 0 Å². The summed E-state index contributed by atoms with van der Waals surface area (Å²) < 4.78 is 43.1. The first-order valence-electron chi connectivity index (χ1n) is 7.41. The maximum atomic E-state index is 10.1. The number of rotatable bonds is 12. The van der Waals surface area contributed by atoms with E-state index in [9.17, 15) is 13.0 Å². The number of phosphoric acid groups is 1. The van der Waals surface area contributed by atoms with Crippen molar-refractivity contribution in [2.24, 2.45) is 0 Å². The zero-order valence-electron chi connectivity index (χ0n) is 14.6. The van der Waals surface area contributed by atoms with E-state index in [0.29, 0.717) is 6.42 Å². The van der Waals surface area contributed by atoms with E-state index in [-0.39, 0.29) is 73.9 Å². The summed E-state index contributed by atoms with van der Waals surface area (Å²) in [5.74, 6) is 0. The molecule has 1 N–H and O–H groups in total. The minimum absolute atomic E-state index is 0. The molecule has 0 aromatic rings. The zero-order valence-corrected chi connectivity index (χ0v) is 20.6. The molecular weight excluding hydrogens is 398 g/mol. The van der Waals surface area contributed by atoms with Gasteiger partial charge in [0.15, 0.2) is 0 Å². The first-order valence-corrected chi connectivity index (χ1v) is 10.2. The summed E-state index contributed by atoms with van der Waals surface area (Å²) in [6.07, 6.45) is 11.7. The molecular formula is C12H26CaNaO8PS. The standard InChI is InChI=1S/C12H26O4S.Ca.Na.H3O4P/c1-2-3-4-5-6-7-8-9-10-11-12-16-17(13,14)15;;;1-5(2,3)4/h2-12H2,1H3,(H,13,14,15);;;(H3,1,2,3,4)/q;+2;+1;/p-3. The fraction of sp³-hybridized carbons (Fsp3) is 1.00. The molecule has 0 radical (unpaired) electrons. The monoisotopic (exact) mass is 424 g/mol. The molecule has 0 aromatic heterocycles. The van der Waals surface area contributed by atoms with E-state index in [2.05, 4.69) is 11.1 Å². The van der Waals surface area contributed by atoms with Crippen molar-refractivity contribution in [2.75, 3.05) is 6.61 Å². The van der Waals surface area contributed by atoms with Crippen molar-refractivity contribution >= 4 is 56.0 Å². The summed E-state index contributed by atoms with van der Waals surface area (Å²) >= 11 is 0. The molecule has 12 heteroatoms. The summed E-state index contributed by atoms with van der Waals surface area (Å²) in [5, 5.41) is 0. The normalized spacial score (nSPS) is 10.9. The number of hydrogen-bond donors (Lipinski definition) is 1. The Balaban J connectivity index is -0.000000250. The van der Waals surface area contributed by atoms with Crippen molar-refractivity contribution in [3.8, 4) is 0 Å². The first-order chi connectivity index (χ1) is 10.1. The van der Waals surface area contributed by atoms with E-state index >= 15 is 0 Å². The van der Waals surface area contributed by atoms with Crippen molar-refractivity contribution in [2.45, 2.75) is 71.1 Å². The van der Waals surface area contributed by atoms with Gasteiger partial charge >= 0.3 is 67.3 Å². The van der Waals surface area contributed by atoms with Gasteiger partial charge < -0.3 is 23.8 Å². The minimum Gasteiger partial charge on any atom is -0.790 e. The molecule has 136 valence electrons. The van der Waals surface area contributed by atoms with E-state index in [1.807, 2.05) is 0 Å². The summed E-state index contributed by atoms with van der Waals surface area (Å²) in [6.45, 7) is 2.24. The Hall–Kier alpha value is 2.24. The molecule has 0 bridgehead atoms. The molecule has 0 aliphatic carbocycles. The average molecular weight is 424 g/mol. The minimum atomic E-state index is -5.14. The second-order valence-corrected chi connectivity index (χ2v) is 6.87. The van der Waals surface area contributed by atoms with E-state index < -0.39 is 18.2 Å². The molecule has 0 unspecified atom stereocenters. The van der Waals surface area contributed by atoms with Crippen LogP contribution in [0.2, 0.25) is 0 Å². The van der Waals surface area contributed by atoms with Crippen LogP contribution in [0, 0.1) is 0 Å². The molecule has 0 heterocycles. The topological polar surface area (TPSA) is 150 Å². The smallest absolute Gasteiger partial charge is 0.790 e. The SMILES string of the molecule is CCCCCCCCCCCCOS(=O)(=O)[O-].O=P([O-])([O-])O.[Ca+2].[Na+]. The van der Waals surface area contributed by atoms with E-state index in [0.717, 1.165) is 12.8 Å². The second-order valence-electron chi connectivity index (χ2n) is 4.88. The van der Waals surface area contributed by atoms with Gasteiger partial charge in [-0.1, -0.05) is 64.7 Å². The fourth-order valence-electron chi connectivity index (χ4n) is 1.75. The van der Waals surface area contributed by atoms with Crippen LogP contribution in [0.4, 0.5) is 0 Å². The summed E-state index contributed by atoms with van der Waals surface area (Å²) in [6, 6.07) is 0. The Morgan fingerprint density at radius 3 is 1.50 bits per heavy atom. The van der Waals surface area contributed by atoms with Crippen molar-refractivity contribution < 1.29 is 66.0 Å². The second kappa shape index (κ2) is 21.5. The van der Waals surface area contributed by atoms with Gasteiger partial charge in [0, 0.05) is 0 Å². The Kier molecular flexibility index (Phi) is 30.3. The maximum Gasteiger partial charge on any atom is 2.00 e. The first kappa shape index (κ1) is 33.8. The molecule has 0 aliphatic rings. The van der Waals surface area contributed by atoms with Crippen LogP contribution in [0.15, 0.2) is 0 Å². The Morgan fingerprint density at radius 2 is 1.21 bits per heavy atom. The van der Waals surface area contributed by atoms with Gasteiger partial charge in [-0.05, 0) is 6.42 Å². The Labute approximate surface area is 197 Å². The van der Waals surface area contributed by atoms with Gasteiger partial charge in [-0.15, -0.1) is 0 Å². The van der Waals surface area contributed by atoms with E-state index in [1.54, 1.807) is 0 Å². The van der Waals surface area contributed by atoms with Crippen molar-refractivity contribution in [3.05, 3.63) is 0 Å². The molecule has 0 saturated heterocycles. The van der Waals surface area contributed by atoms with E-state index in [4.69, 9.17) is 19.2 Å². The summed E-state index contributed by atoms with van der Waals surface area (Å²) in [5.41, 5.74) is 0. The zero-order chi connectivity index (χ0) is 17.5. The molecule has 24 heavy (non-hydrogen) atoms. The van der Waals surface area contributed by atoms with Crippen LogP contribution in [0.25, 0.3) is 0 Å². The van der Waals surface area contributed by atoms with Crippen molar-refractivity contribution in [1.29, 1.82) is 0 Å². The van der Waals surface area contributed by atoms with Gasteiger partial charge in [-0.3, -0.25) is 4.18 Å². The fourth-order valence-corrected chi connectivity index (χ4v) is 2.07. The van der Waals surface area contributed by atoms with Crippen LogP contribution in [-0.4, -0.2) is 62.2 Å². The molecule has 0 rings (SSSR count). The Bertz CT molecular complexity index is 382.